The monoisotopic (exact) mass is 294 g/mol. The average molecular weight is 294 g/mol. The predicted molar refractivity (Wildman–Crippen MR) is 84.0 cm³/mol. The Morgan fingerprint density at radius 1 is 1.05 bits per heavy atom. The first-order chi connectivity index (χ1) is 10.1. The fraction of sp³-hybridized carbons (Fsp3) is 0.562. The fourth-order valence-corrected chi connectivity index (χ4v) is 1.67. The molecule has 0 aromatic heterocycles. The van der Waals surface area contributed by atoms with Gasteiger partial charge >= 0.3 is 6.03 Å². The molecule has 0 unspecified atom stereocenters. The molecule has 0 aliphatic carbocycles. The molecule has 0 aliphatic heterocycles. The van der Waals surface area contributed by atoms with Crippen LogP contribution in [0.25, 0.3) is 0 Å². The number of ether oxygens (including phenoxy) is 2. The highest BCUT2D eigenvalue weighted by molar-refractivity contribution is 5.73. The number of rotatable bonds is 9. The number of benzene rings is 1. The summed E-state index contributed by atoms with van der Waals surface area (Å²) in [6.45, 7) is 8.46. The minimum atomic E-state index is -0.147. The number of amides is 2. The SMILES string of the molecule is CCOc1ccc(OCCNC(=O)NCCC(C)C)cc1. The van der Waals surface area contributed by atoms with Gasteiger partial charge in [-0.05, 0) is 43.5 Å². The summed E-state index contributed by atoms with van der Waals surface area (Å²) in [5.74, 6) is 2.18. The summed E-state index contributed by atoms with van der Waals surface area (Å²) < 4.78 is 10.9. The third kappa shape index (κ3) is 8.07. The van der Waals surface area contributed by atoms with Crippen LogP contribution in [0.5, 0.6) is 11.5 Å². The summed E-state index contributed by atoms with van der Waals surface area (Å²) in [5, 5.41) is 5.57. The van der Waals surface area contributed by atoms with Crippen LogP contribution in [0.4, 0.5) is 4.79 Å². The maximum atomic E-state index is 11.5. The third-order valence-electron chi connectivity index (χ3n) is 2.80. The Bertz CT molecular complexity index is 404. The van der Waals surface area contributed by atoms with Gasteiger partial charge in [0, 0.05) is 6.54 Å². The fourth-order valence-electron chi connectivity index (χ4n) is 1.67. The molecule has 2 amide bonds. The second kappa shape index (κ2) is 9.91. The molecular formula is C16H26N2O3. The van der Waals surface area contributed by atoms with E-state index in [2.05, 4.69) is 24.5 Å². The molecule has 1 aromatic rings. The van der Waals surface area contributed by atoms with Crippen LogP contribution in [0, 0.1) is 5.92 Å². The number of urea groups is 1. The van der Waals surface area contributed by atoms with Crippen molar-refractivity contribution >= 4 is 6.03 Å². The molecule has 0 radical (unpaired) electrons. The quantitative estimate of drug-likeness (QED) is 0.689. The molecule has 118 valence electrons. The Kier molecular flexibility index (Phi) is 8.09. The van der Waals surface area contributed by atoms with Crippen LogP contribution in [0.15, 0.2) is 24.3 Å². The van der Waals surface area contributed by atoms with E-state index in [1.807, 2.05) is 31.2 Å². The van der Waals surface area contributed by atoms with Gasteiger partial charge in [-0.2, -0.15) is 0 Å². The molecule has 0 spiro atoms. The minimum Gasteiger partial charge on any atom is -0.494 e. The molecule has 0 aliphatic rings. The summed E-state index contributed by atoms with van der Waals surface area (Å²) in [6.07, 6.45) is 0.982. The third-order valence-corrected chi connectivity index (χ3v) is 2.80. The molecule has 5 heteroatoms. The van der Waals surface area contributed by atoms with Gasteiger partial charge in [0.2, 0.25) is 0 Å². The van der Waals surface area contributed by atoms with Crippen molar-refractivity contribution in [2.75, 3.05) is 26.3 Å². The van der Waals surface area contributed by atoms with Gasteiger partial charge in [-0.15, -0.1) is 0 Å². The summed E-state index contributed by atoms with van der Waals surface area (Å²) in [6, 6.07) is 7.29. The highest BCUT2D eigenvalue weighted by atomic mass is 16.5. The minimum absolute atomic E-state index is 0.147. The molecule has 1 aromatic carbocycles. The molecule has 0 bridgehead atoms. The van der Waals surface area contributed by atoms with Gasteiger partial charge in [0.15, 0.2) is 0 Å². The zero-order chi connectivity index (χ0) is 15.5. The molecule has 21 heavy (non-hydrogen) atoms. The zero-order valence-electron chi connectivity index (χ0n) is 13.1. The lowest BCUT2D eigenvalue weighted by molar-refractivity contribution is 0.236. The van der Waals surface area contributed by atoms with Crippen molar-refractivity contribution in [2.24, 2.45) is 5.92 Å². The second-order valence-corrected chi connectivity index (χ2v) is 5.12. The molecule has 5 nitrogen and oxygen atoms in total. The Morgan fingerprint density at radius 3 is 2.19 bits per heavy atom. The summed E-state index contributed by atoms with van der Waals surface area (Å²) >= 11 is 0. The molecule has 0 atom stereocenters. The smallest absolute Gasteiger partial charge is 0.314 e. The van der Waals surface area contributed by atoms with Crippen LogP contribution < -0.4 is 20.1 Å². The van der Waals surface area contributed by atoms with Crippen LogP contribution in [-0.4, -0.2) is 32.3 Å². The van der Waals surface area contributed by atoms with E-state index in [9.17, 15) is 4.79 Å². The lowest BCUT2D eigenvalue weighted by Gasteiger charge is -2.10. The Balaban J connectivity index is 2.11. The molecule has 0 heterocycles. The van der Waals surface area contributed by atoms with Crippen molar-refractivity contribution < 1.29 is 14.3 Å². The van der Waals surface area contributed by atoms with Crippen LogP contribution in [0.2, 0.25) is 0 Å². The van der Waals surface area contributed by atoms with Gasteiger partial charge in [0.25, 0.3) is 0 Å². The van der Waals surface area contributed by atoms with Crippen molar-refractivity contribution in [1.29, 1.82) is 0 Å². The normalized spacial score (nSPS) is 10.3. The lowest BCUT2D eigenvalue weighted by atomic mass is 10.1. The summed E-state index contributed by atoms with van der Waals surface area (Å²) in [7, 11) is 0. The highest BCUT2D eigenvalue weighted by Gasteiger charge is 2.00. The maximum absolute atomic E-state index is 11.5. The predicted octanol–water partition coefficient (Wildman–Crippen LogP) is 2.81. The molecule has 0 saturated heterocycles. The van der Waals surface area contributed by atoms with Gasteiger partial charge in [-0.25, -0.2) is 4.79 Å². The average Bonchev–Trinajstić information content (AvgIpc) is 2.45. The maximum Gasteiger partial charge on any atom is 0.314 e. The van der Waals surface area contributed by atoms with E-state index in [0.29, 0.717) is 32.2 Å². The number of hydrogen-bond acceptors (Lipinski definition) is 3. The van der Waals surface area contributed by atoms with Gasteiger partial charge in [-0.1, -0.05) is 13.8 Å². The van der Waals surface area contributed by atoms with Crippen molar-refractivity contribution in [2.45, 2.75) is 27.2 Å². The van der Waals surface area contributed by atoms with Gasteiger partial charge in [0.1, 0.15) is 18.1 Å². The molecule has 2 N–H and O–H groups in total. The lowest BCUT2D eigenvalue weighted by Crippen LogP contribution is -2.38. The number of carbonyl (C=O) groups excluding carboxylic acids is 1. The number of nitrogens with one attached hydrogen (secondary N) is 2. The van der Waals surface area contributed by atoms with Crippen molar-refractivity contribution in [3.63, 3.8) is 0 Å². The summed E-state index contributed by atoms with van der Waals surface area (Å²) in [4.78, 5) is 11.5. The first kappa shape index (κ1) is 17.1. The van der Waals surface area contributed by atoms with Crippen LogP contribution in [-0.2, 0) is 0 Å². The first-order valence-electron chi connectivity index (χ1n) is 7.49. The Hall–Kier alpha value is -1.91. The largest absolute Gasteiger partial charge is 0.494 e. The number of carbonyl (C=O) groups is 1. The number of hydrogen-bond donors (Lipinski definition) is 2. The van der Waals surface area contributed by atoms with Gasteiger partial charge in [0.05, 0.1) is 13.2 Å². The topological polar surface area (TPSA) is 59.6 Å². The van der Waals surface area contributed by atoms with E-state index in [0.717, 1.165) is 17.9 Å². The van der Waals surface area contributed by atoms with Crippen LogP contribution >= 0.6 is 0 Å². The summed E-state index contributed by atoms with van der Waals surface area (Å²) in [5.41, 5.74) is 0. The molecule has 1 rings (SSSR count). The van der Waals surface area contributed by atoms with E-state index in [-0.39, 0.29) is 6.03 Å². The van der Waals surface area contributed by atoms with E-state index >= 15 is 0 Å². The van der Waals surface area contributed by atoms with Crippen molar-refractivity contribution in [1.82, 2.24) is 10.6 Å². The van der Waals surface area contributed by atoms with E-state index in [1.54, 1.807) is 0 Å². The standard InChI is InChI=1S/C16H26N2O3/c1-4-20-14-5-7-15(8-6-14)21-12-11-18-16(19)17-10-9-13(2)3/h5-8,13H,4,9-12H2,1-3H3,(H2,17,18,19). The highest BCUT2D eigenvalue weighted by Crippen LogP contribution is 2.17. The van der Waals surface area contributed by atoms with E-state index < -0.39 is 0 Å². The van der Waals surface area contributed by atoms with Crippen LogP contribution in [0.3, 0.4) is 0 Å². The Morgan fingerprint density at radius 2 is 1.62 bits per heavy atom. The van der Waals surface area contributed by atoms with E-state index in [4.69, 9.17) is 9.47 Å². The van der Waals surface area contributed by atoms with Crippen LogP contribution in [0.1, 0.15) is 27.2 Å². The molecule has 0 saturated carbocycles. The van der Waals surface area contributed by atoms with Crippen molar-refractivity contribution in [3.05, 3.63) is 24.3 Å². The molecule has 0 fully saturated rings. The Labute approximate surface area is 127 Å². The van der Waals surface area contributed by atoms with E-state index in [1.165, 1.54) is 0 Å². The van der Waals surface area contributed by atoms with Gasteiger partial charge in [-0.3, -0.25) is 0 Å². The second-order valence-electron chi connectivity index (χ2n) is 5.12. The zero-order valence-corrected chi connectivity index (χ0v) is 13.1. The van der Waals surface area contributed by atoms with Crippen molar-refractivity contribution in [3.8, 4) is 11.5 Å². The van der Waals surface area contributed by atoms with Gasteiger partial charge < -0.3 is 20.1 Å². The first-order valence-corrected chi connectivity index (χ1v) is 7.49. The molecular weight excluding hydrogens is 268 g/mol.